The molecule has 1 rings (SSSR count). The Kier molecular flexibility index (Phi) is 2.74. The zero-order valence-corrected chi connectivity index (χ0v) is 7.72. The Bertz CT molecular complexity index is 218. The van der Waals surface area contributed by atoms with Crippen LogP contribution in [0.2, 0.25) is 0 Å². The van der Waals surface area contributed by atoms with Gasteiger partial charge in [0.15, 0.2) is 0 Å². The quantitative estimate of drug-likeness (QED) is 0.597. The summed E-state index contributed by atoms with van der Waals surface area (Å²) >= 11 is 0. The van der Waals surface area contributed by atoms with E-state index in [4.69, 9.17) is 9.47 Å². The second-order valence-corrected chi connectivity index (χ2v) is 2.97. The predicted molar refractivity (Wildman–Crippen MR) is 44.6 cm³/mol. The monoisotopic (exact) mass is 170 g/mol. The molecule has 0 fully saturated rings. The van der Waals surface area contributed by atoms with Crippen LogP contribution in [-0.2, 0) is 9.47 Å². The first kappa shape index (κ1) is 9.10. The summed E-state index contributed by atoms with van der Waals surface area (Å²) in [6.45, 7) is 5.84. The zero-order valence-electron chi connectivity index (χ0n) is 7.72. The highest BCUT2D eigenvalue weighted by Gasteiger charge is 2.23. The van der Waals surface area contributed by atoms with Crippen molar-refractivity contribution in [3.63, 3.8) is 0 Å². The molecule has 1 aliphatic heterocycles. The van der Waals surface area contributed by atoms with E-state index in [9.17, 15) is 4.79 Å². The van der Waals surface area contributed by atoms with Gasteiger partial charge in [0.2, 0.25) is 0 Å². The number of allylic oxidation sites excluding steroid dienone is 1. The van der Waals surface area contributed by atoms with E-state index in [1.54, 1.807) is 0 Å². The highest BCUT2D eigenvalue weighted by molar-refractivity contribution is 5.63. The molecule has 0 bridgehead atoms. The lowest BCUT2D eigenvalue weighted by Gasteiger charge is -2.22. The third-order valence-electron chi connectivity index (χ3n) is 2.01. The van der Waals surface area contributed by atoms with Gasteiger partial charge >= 0.3 is 6.16 Å². The lowest BCUT2D eigenvalue weighted by molar-refractivity contribution is 0.0368. The third-order valence-corrected chi connectivity index (χ3v) is 2.01. The van der Waals surface area contributed by atoms with Crippen LogP contribution in [0.3, 0.4) is 0 Å². The fraction of sp³-hybridized carbons (Fsp3) is 0.667. The van der Waals surface area contributed by atoms with Gasteiger partial charge in [-0.25, -0.2) is 4.79 Å². The van der Waals surface area contributed by atoms with E-state index in [0.29, 0.717) is 0 Å². The van der Waals surface area contributed by atoms with Crippen LogP contribution in [0.4, 0.5) is 4.79 Å². The van der Waals surface area contributed by atoms with Crippen molar-refractivity contribution in [3.8, 4) is 0 Å². The Labute approximate surface area is 72.4 Å². The smallest absolute Gasteiger partial charge is 0.426 e. The first-order valence-electron chi connectivity index (χ1n) is 4.23. The Morgan fingerprint density at radius 1 is 1.50 bits per heavy atom. The molecule has 0 radical (unpaired) electrons. The summed E-state index contributed by atoms with van der Waals surface area (Å²) in [6, 6.07) is 0. The maximum absolute atomic E-state index is 10.8. The molecular weight excluding hydrogens is 156 g/mol. The van der Waals surface area contributed by atoms with Crippen molar-refractivity contribution >= 4 is 6.16 Å². The van der Waals surface area contributed by atoms with Crippen molar-refractivity contribution in [1.29, 1.82) is 0 Å². The van der Waals surface area contributed by atoms with Crippen molar-refractivity contribution in [2.45, 2.75) is 39.7 Å². The fourth-order valence-corrected chi connectivity index (χ4v) is 1.14. The number of rotatable bonds is 2. The van der Waals surface area contributed by atoms with Crippen LogP contribution in [0.1, 0.15) is 33.6 Å². The number of cyclic esters (lactones) is 2. The van der Waals surface area contributed by atoms with Gasteiger partial charge in [0, 0.05) is 12.0 Å². The first-order chi connectivity index (χ1) is 5.65. The molecule has 0 amide bonds. The molecule has 0 aromatic carbocycles. The third kappa shape index (κ3) is 1.78. The summed E-state index contributed by atoms with van der Waals surface area (Å²) in [5.41, 5.74) is 1.02. The summed E-state index contributed by atoms with van der Waals surface area (Å²) in [6.07, 6.45) is 1.09. The Balaban J connectivity index is 2.77. The van der Waals surface area contributed by atoms with E-state index in [2.05, 4.69) is 0 Å². The molecular formula is C9H14O3. The van der Waals surface area contributed by atoms with Crippen LogP contribution >= 0.6 is 0 Å². The average molecular weight is 170 g/mol. The van der Waals surface area contributed by atoms with Crippen molar-refractivity contribution in [2.24, 2.45) is 0 Å². The second kappa shape index (κ2) is 3.61. The van der Waals surface area contributed by atoms with Gasteiger partial charge in [0.05, 0.1) is 0 Å². The van der Waals surface area contributed by atoms with Gasteiger partial charge in [0.25, 0.3) is 0 Å². The summed E-state index contributed by atoms with van der Waals surface area (Å²) < 4.78 is 9.78. The highest BCUT2D eigenvalue weighted by atomic mass is 16.7. The molecule has 3 nitrogen and oxygen atoms in total. The highest BCUT2D eigenvalue weighted by Crippen LogP contribution is 2.23. The van der Waals surface area contributed by atoms with Gasteiger partial charge in [-0.15, -0.1) is 0 Å². The number of carbonyl (C=O) groups is 1. The van der Waals surface area contributed by atoms with Gasteiger partial charge in [-0.2, -0.15) is 0 Å². The minimum Gasteiger partial charge on any atom is -0.426 e. The van der Waals surface area contributed by atoms with Gasteiger partial charge in [-0.3, -0.25) is 0 Å². The molecule has 1 atom stereocenters. The summed E-state index contributed by atoms with van der Waals surface area (Å²) in [7, 11) is 0. The van der Waals surface area contributed by atoms with Crippen LogP contribution < -0.4 is 0 Å². The topological polar surface area (TPSA) is 35.5 Å². The maximum Gasteiger partial charge on any atom is 0.514 e. The zero-order chi connectivity index (χ0) is 9.14. The molecule has 68 valence electrons. The minimum absolute atomic E-state index is 0.132. The van der Waals surface area contributed by atoms with E-state index in [1.807, 2.05) is 20.8 Å². The van der Waals surface area contributed by atoms with E-state index < -0.39 is 6.16 Å². The Morgan fingerprint density at radius 2 is 2.17 bits per heavy atom. The van der Waals surface area contributed by atoms with E-state index in [1.165, 1.54) is 0 Å². The van der Waals surface area contributed by atoms with Crippen LogP contribution in [0, 0.1) is 0 Å². The molecule has 1 aliphatic rings. The number of hydrogen-bond donors (Lipinski definition) is 0. The van der Waals surface area contributed by atoms with Crippen molar-refractivity contribution in [3.05, 3.63) is 11.3 Å². The van der Waals surface area contributed by atoms with Crippen molar-refractivity contribution in [2.75, 3.05) is 0 Å². The maximum atomic E-state index is 10.8. The molecule has 3 heteroatoms. The van der Waals surface area contributed by atoms with Gasteiger partial charge in [-0.1, -0.05) is 6.92 Å². The molecule has 12 heavy (non-hydrogen) atoms. The molecule has 0 saturated heterocycles. The molecule has 0 spiro atoms. The lowest BCUT2D eigenvalue weighted by atomic mass is 10.1. The molecule has 1 unspecified atom stereocenters. The van der Waals surface area contributed by atoms with Gasteiger partial charge < -0.3 is 9.47 Å². The molecule has 0 saturated carbocycles. The number of hydrogen-bond acceptors (Lipinski definition) is 3. The summed E-state index contributed by atoms with van der Waals surface area (Å²) in [4.78, 5) is 10.8. The molecule has 0 aliphatic carbocycles. The fourth-order valence-electron chi connectivity index (χ4n) is 1.14. The van der Waals surface area contributed by atoms with Crippen LogP contribution in [0.5, 0.6) is 0 Å². The molecule has 0 aromatic heterocycles. The van der Waals surface area contributed by atoms with E-state index >= 15 is 0 Å². The predicted octanol–water partition coefficient (Wildman–Crippen LogP) is 2.62. The lowest BCUT2D eigenvalue weighted by Crippen LogP contribution is -2.24. The number of carbonyl (C=O) groups excluding carboxylic acids is 1. The second-order valence-electron chi connectivity index (χ2n) is 2.97. The van der Waals surface area contributed by atoms with E-state index in [-0.39, 0.29) is 6.10 Å². The SMILES string of the molecule is CCCC1=C(C)C(C)OC(=O)O1. The Morgan fingerprint density at radius 3 is 2.75 bits per heavy atom. The van der Waals surface area contributed by atoms with E-state index in [0.717, 1.165) is 24.2 Å². The number of ether oxygens (including phenoxy) is 2. The first-order valence-corrected chi connectivity index (χ1v) is 4.23. The normalized spacial score (nSPS) is 23.6. The summed E-state index contributed by atoms with van der Waals surface area (Å²) in [5.74, 6) is 0.779. The van der Waals surface area contributed by atoms with Gasteiger partial charge in [0.1, 0.15) is 11.9 Å². The average Bonchev–Trinajstić information content (AvgIpc) is 2.00. The largest absolute Gasteiger partial charge is 0.514 e. The van der Waals surface area contributed by atoms with Crippen molar-refractivity contribution < 1.29 is 14.3 Å². The van der Waals surface area contributed by atoms with Crippen LogP contribution in [-0.4, -0.2) is 12.3 Å². The molecule has 1 heterocycles. The summed E-state index contributed by atoms with van der Waals surface area (Å²) in [5, 5.41) is 0. The standard InChI is InChI=1S/C9H14O3/c1-4-5-8-6(2)7(3)11-9(10)12-8/h7H,4-5H2,1-3H3. The van der Waals surface area contributed by atoms with Crippen molar-refractivity contribution in [1.82, 2.24) is 0 Å². The molecule has 0 aromatic rings. The van der Waals surface area contributed by atoms with Crippen LogP contribution in [0.25, 0.3) is 0 Å². The minimum atomic E-state index is -0.573. The Hall–Kier alpha value is -0.990. The molecule has 0 N–H and O–H groups in total. The van der Waals surface area contributed by atoms with Gasteiger partial charge in [-0.05, 0) is 20.3 Å². The van der Waals surface area contributed by atoms with Crippen LogP contribution in [0.15, 0.2) is 11.3 Å².